The standard InChI is InChI=1S/C62H107O11P/c1-4-7-10-13-16-19-22-25-28-29-32-35-38-41-44-47-50-53-62(66)73-59(55-69-60(64)51-48-45-42-39-36-33-30-26-23-20-17-14-11-8-5-2)57-71-74(67,68)70-56-58(54-63)72-61(65)52-49-46-43-40-37-34-31-27-24-21-18-15-12-9-6-3/h8,11,16-21,25-28,30-31,58-59,63H,4-7,9-10,12-15,22-24,29,32-57H2,1-3H3,(H,67,68)/b11-8-,19-16-,20-17-,21-18-,28-25-,30-26-,31-27-. The van der Waals surface area contributed by atoms with Crippen LogP contribution in [0.15, 0.2) is 85.1 Å². The maximum absolute atomic E-state index is 12.9. The average Bonchev–Trinajstić information content (AvgIpc) is 3.39. The number of aliphatic hydroxyl groups excluding tert-OH is 1. The van der Waals surface area contributed by atoms with Crippen LogP contribution in [0.4, 0.5) is 0 Å². The van der Waals surface area contributed by atoms with Crippen LogP contribution in [0.2, 0.25) is 0 Å². The Balaban J connectivity index is 4.77. The Bertz CT molecular complexity index is 1560. The highest BCUT2D eigenvalue weighted by atomic mass is 31.2. The maximum atomic E-state index is 12.9. The lowest BCUT2D eigenvalue weighted by molar-refractivity contribution is -0.161. The topological polar surface area (TPSA) is 155 Å². The lowest BCUT2D eigenvalue weighted by Crippen LogP contribution is -2.30. The zero-order valence-electron chi connectivity index (χ0n) is 47.0. The van der Waals surface area contributed by atoms with Gasteiger partial charge in [-0.2, -0.15) is 0 Å². The molecule has 0 aromatic rings. The van der Waals surface area contributed by atoms with E-state index in [9.17, 15) is 28.9 Å². The number of carbonyl (C=O) groups is 3. The molecule has 0 heterocycles. The van der Waals surface area contributed by atoms with Gasteiger partial charge in [-0.3, -0.25) is 23.4 Å². The first kappa shape index (κ1) is 70.7. The smallest absolute Gasteiger partial charge is 0.462 e. The van der Waals surface area contributed by atoms with Gasteiger partial charge in [-0.05, 0) is 116 Å². The largest absolute Gasteiger partial charge is 0.472 e. The molecule has 12 heteroatoms. The number of rotatable bonds is 54. The van der Waals surface area contributed by atoms with E-state index >= 15 is 0 Å². The number of esters is 3. The molecule has 0 aliphatic heterocycles. The number of ether oxygens (including phenoxy) is 3. The average molecular weight is 1060 g/mol. The predicted octanol–water partition coefficient (Wildman–Crippen LogP) is 17.5. The van der Waals surface area contributed by atoms with Crippen LogP contribution in [0.1, 0.15) is 252 Å². The zero-order valence-corrected chi connectivity index (χ0v) is 47.9. The van der Waals surface area contributed by atoms with Crippen LogP contribution in [0, 0.1) is 0 Å². The molecule has 0 aromatic heterocycles. The number of allylic oxidation sites excluding steroid dienone is 14. The molecule has 0 fully saturated rings. The summed E-state index contributed by atoms with van der Waals surface area (Å²) in [6, 6.07) is 0. The number of unbranched alkanes of at least 4 members (excludes halogenated alkanes) is 23. The first-order valence-corrected chi connectivity index (χ1v) is 31.0. The van der Waals surface area contributed by atoms with Crippen molar-refractivity contribution in [3.05, 3.63) is 85.1 Å². The molecular formula is C62H107O11P. The predicted molar refractivity (Wildman–Crippen MR) is 307 cm³/mol. The molecular weight excluding hydrogens is 952 g/mol. The lowest BCUT2D eigenvalue weighted by atomic mass is 10.1. The summed E-state index contributed by atoms with van der Waals surface area (Å²) in [6.45, 7) is 4.45. The van der Waals surface area contributed by atoms with Crippen molar-refractivity contribution in [2.24, 2.45) is 0 Å². The van der Waals surface area contributed by atoms with E-state index in [4.69, 9.17) is 23.3 Å². The Kier molecular flexibility index (Phi) is 53.4. The van der Waals surface area contributed by atoms with E-state index in [0.717, 1.165) is 135 Å². The van der Waals surface area contributed by atoms with Crippen molar-refractivity contribution in [1.82, 2.24) is 0 Å². The third-order valence-corrected chi connectivity index (χ3v) is 13.2. The van der Waals surface area contributed by atoms with E-state index in [2.05, 4.69) is 106 Å². The van der Waals surface area contributed by atoms with Crippen LogP contribution in [0.25, 0.3) is 0 Å². The van der Waals surface area contributed by atoms with Gasteiger partial charge < -0.3 is 24.2 Å². The van der Waals surface area contributed by atoms with Gasteiger partial charge in [-0.1, -0.05) is 202 Å². The van der Waals surface area contributed by atoms with Gasteiger partial charge in [0.2, 0.25) is 0 Å². The van der Waals surface area contributed by atoms with E-state index in [0.29, 0.717) is 19.3 Å². The first-order chi connectivity index (χ1) is 36.2. The third-order valence-electron chi connectivity index (χ3n) is 12.3. The summed E-state index contributed by atoms with van der Waals surface area (Å²) in [7, 11) is -4.76. The van der Waals surface area contributed by atoms with Crippen molar-refractivity contribution < 1.29 is 52.2 Å². The van der Waals surface area contributed by atoms with E-state index in [1.165, 1.54) is 57.8 Å². The summed E-state index contributed by atoms with van der Waals surface area (Å²) >= 11 is 0. The quantitative estimate of drug-likeness (QED) is 0.0197. The van der Waals surface area contributed by atoms with Gasteiger partial charge in [0, 0.05) is 19.3 Å². The van der Waals surface area contributed by atoms with Crippen LogP contribution >= 0.6 is 7.82 Å². The van der Waals surface area contributed by atoms with Crippen LogP contribution in [-0.4, -0.2) is 66.5 Å². The maximum Gasteiger partial charge on any atom is 0.472 e. The van der Waals surface area contributed by atoms with Crippen molar-refractivity contribution in [1.29, 1.82) is 0 Å². The molecule has 0 saturated carbocycles. The summed E-state index contributed by atoms with van der Waals surface area (Å²) in [5.74, 6) is -1.51. The number of aliphatic hydroxyl groups is 1. The van der Waals surface area contributed by atoms with Gasteiger partial charge in [0.1, 0.15) is 12.7 Å². The highest BCUT2D eigenvalue weighted by molar-refractivity contribution is 7.47. The van der Waals surface area contributed by atoms with E-state index in [-0.39, 0.29) is 25.9 Å². The molecule has 0 radical (unpaired) electrons. The number of hydrogen-bond donors (Lipinski definition) is 2. The van der Waals surface area contributed by atoms with Gasteiger partial charge in [-0.25, -0.2) is 4.57 Å². The summed E-state index contributed by atoms with van der Waals surface area (Å²) in [5, 5.41) is 9.82. The van der Waals surface area contributed by atoms with Gasteiger partial charge in [-0.15, -0.1) is 0 Å². The number of carbonyl (C=O) groups excluding carboxylic acids is 3. The number of phosphoric acid groups is 1. The van der Waals surface area contributed by atoms with Crippen LogP contribution in [0.3, 0.4) is 0 Å². The molecule has 426 valence electrons. The second-order valence-electron chi connectivity index (χ2n) is 19.4. The molecule has 11 nitrogen and oxygen atoms in total. The summed E-state index contributed by atoms with van der Waals surface area (Å²) < 4.78 is 39.5. The molecule has 2 N–H and O–H groups in total. The minimum absolute atomic E-state index is 0.151. The second-order valence-corrected chi connectivity index (χ2v) is 20.9. The van der Waals surface area contributed by atoms with Crippen molar-refractivity contribution >= 4 is 25.7 Å². The van der Waals surface area contributed by atoms with Crippen molar-refractivity contribution in [3.8, 4) is 0 Å². The number of hydrogen-bond acceptors (Lipinski definition) is 10. The highest BCUT2D eigenvalue weighted by Gasteiger charge is 2.28. The molecule has 3 unspecified atom stereocenters. The van der Waals surface area contributed by atoms with Crippen molar-refractivity contribution in [3.63, 3.8) is 0 Å². The third kappa shape index (κ3) is 53.5. The fourth-order valence-electron chi connectivity index (χ4n) is 7.78. The molecule has 0 aliphatic carbocycles. The highest BCUT2D eigenvalue weighted by Crippen LogP contribution is 2.43. The molecule has 0 saturated heterocycles. The normalized spacial score (nSPS) is 14.0. The Morgan fingerprint density at radius 3 is 1.08 bits per heavy atom. The molecule has 0 amide bonds. The summed E-state index contributed by atoms with van der Waals surface area (Å²) in [4.78, 5) is 48.6. The van der Waals surface area contributed by atoms with Gasteiger partial charge in [0.15, 0.2) is 6.10 Å². The Labute approximate surface area is 451 Å². The lowest BCUT2D eigenvalue weighted by Gasteiger charge is -2.21. The minimum atomic E-state index is -4.76. The van der Waals surface area contributed by atoms with E-state index in [1.54, 1.807) is 0 Å². The van der Waals surface area contributed by atoms with Crippen molar-refractivity contribution in [2.45, 2.75) is 264 Å². The van der Waals surface area contributed by atoms with Crippen LogP contribution < -0.4 is 0 Å². The SMILES string of the molecule is CC/C=C\C/C=C\C/C=C\CCCCCCCC(=O)OCC(COP(=O)(O)OCC(CO)OC(=O)CCCCCCC/C=C\C/C=C\CCCCC)OC(=O)CCCCCCCCC/C=C\C/C=C\CCCCC. The van der Waals surface area contributed by atoms with E-state index in [1.807, 2.05) is 0 Å². The van der Waals surface area contributed by atoms with Crippen LogP contribution in [-0.2, 0) is 42.2 Å². The molecule has 74 heavy (non-hydrogen) atoms. The van der Waals surface area contributed by atoms with Gasteiger partial charge in [0.25, 0.3) is 0 Å². The van der Waals surface area contributed by atoms with Crippen molar-refractivity contribution in [2.75, 3.05) is 26.4 Å². The molecule has 0 aromatic carbocycles. The Hall–Kier alpha value is -3.34. The fourth-order valence-corrected chi connectivity index (χ4v) is 8.57. The van der Waals surface area contributed by atoms with Crippen LogP contribution in [0.5, 0.6) is 0 Å². The Morgan fingerprint density at radius 1 is 0.392 bits per heavy atom. The molecule has 3 atom stereocenters. The zero-order chi connectivity index (χ0) is 54.1. The van der Waals surface area contributed by atoms with Gasteiger partial charge in [0.05, 0.1) is 19.8 Å². The number of phosphoric ester groups is 1. The van der Waals surface area contributed by atoms with Gasteiger partial charge >= 0.3 is 25.7 Å². The minimum Gasteiger partial charge on any atom is -0.462 e. The molecule has 0 aliphatic rings. The monoisotopic (exact) mass is 1060 g/mol. The molecule has 0 spiro atoms. The summed E-state index contributed by atoms with van der Waals surface area (Å²) in [6.07, 6.45) is 63.9. The molecule has 0 rings (SSSR count). The Morgan fingerprint density at radius 2 is 0.703 bits per heavy atom. The fraction of sp³-hybridized carbons (Fsp3) is 0.726. The second kappa shape index (κ2) is 55.9. The summed E-state index contributed by atoms with van der Waals surface area (Å²) in [5.41, 5.74) is 0. The first-order valence-electron chi connectivity index (χ1n) is 29.5. The molecule has 0 bridgehead atoms. The van der Waals surface area contributed by atoms with E-state index < -0.39 is 57.8 Å².